The number of ether oxygens (including phenoxy) is 1. The first-order valence-corrected chi connectivity index (χ1v) is 4.95. The van der Waals surface area contributed by atoms with Crippen molar-refractivity contribution in [2.45, 2.75) is 6.92 Å². The normalized spacial score (nSPS) is 9.65. The van der Waals surface area contributed by atoms with E-state index in [9.17, 15) is 0 Å². The summed E-state index contributed by atoms with van der Waals surface area (Å²) in [4.78, 5) is 7.67. The fourth-order valence-corrected chi connectivity index (χ4v) is 1.30. The van der Waals surface area contributed by atoms with Gasteiger partial charge in [-0.3, -0.25) is 0 Å². The molecule has 0 aliphatic heterocycles. The van der Waals surface area contributed by atoms with Gasteiger partial charge in [-0.25, -0.2) is 9.97 Å². The minimum atomic E-state index is 0.242. The van der Waals surface area contributed by atoms with Crippen molar-refractivity contribution in [3.05, 3.63) is 41.9 Å². The molecule has 1 aromatic heterocycles. The highest BCUT2D eigenvalue weighted by atomic mass is 16.5. The molecule has 0 aliphatic carbocycles. The summed E-state index contributed by atoms with van der Waals surface area (Å²) in [6.45, 7) is 1.88. The van der Waals surface area contributed by atoms with Crippen LogP contribution in [0.5, 0.6) is 11.6 Å². The summed E-state index contributed by atoms with van der Waals surface area (Å²) in [5, 5.41) is 8.87. The van der Waals surface area contributed by atoms with Gasteiger partial charge in [-0.15, -0.1) is 0 Å². The van der Waals surface area contributed by atoms with E-state index >= 15 is 0 Å². The van der Waals surface area contributed by atoms with Gasteiger partial charge in [-0.1, -0.05) is 0 Å². The van der Waals surface area contributed by atoms with Crippen molar-refractivity contribution in [3.63, 3.8) is 0 Å². The molecular formula is C12H10N4O. The van der Waals surface area contributed by atoms with E-state index in [1.807, 2.05) is 13.0 Å². The summed E-state index contributed by atoms with van der Waals surface area (Å²) >= 11 is 0. The number of aromatic nitrogens is 2. The van der Waals surface area contributed by atoms with Crippen molar-refractivity contribution in [2.24, 2.45) is 0 Å². The smallest absolute Gasteiger partial charge is 0.240 e. The van der Waals surface area contributed by atoms with Gasteiger partial charge in [-0.2, -0.15) is 5.26 Å². The molecule has 2 rings (SSSR count). The first-order valence-electron chi connectivity index (χ1n) is 4.95. The van der Waals surface area contributed by atoms with Gasteiger partial charge in [0.05, 0.1) is 6.20 Å². The van der Waals surface area contributed by atoms with Crippen LogP contribution in [0.3, 0.4) is 0 Å². The molecule has 84 valence electrons. The Kier molecular flexibility index (Phi) is 2.88. The van der Waals surface area contributed by atoms with Crippen LogP contribution < -0.4 is 10.5 Å². The Morgan fingerprint density at radius 3 is 2.94 bits per heavy atom. The Labute approximate surface area is 98.5 Å². The fourth-order valence-electron chi connectivity index (χ4n) is 1.30. The van der Waals surface area contributed by atoms with E-state index in [4.69, 9.17) is 15.7 Å². The van der Waals surface area contributed by atoms with E-state index in [1.54, 1.807) is 18.2 Å². The van der Waals surface area contributed by atoms with Crippen molar-refractivity contribution in [1.82, 2.24) is 9.97 Å². The molecular weight excluding hydrogens is 216 g/mol. The molecule has 0 saturated heterocycles. The van der Waals surface area contributed by atoms with E-state index in [0.717, 1.165) is 5.56 Å². The van der Waals surface area contributed by atoms with Gasteiger partial charge in [-0.05, 0) is 30.7 Å². The number of nitrogen functional groups attached to an aromatic ring is 1. The molecule has 0 aliphatic rings. The molecule has 0 atom stereocenters. The third-order valence-corrected chi connectivity index (χ3v) is 2.25. The van der Waals surface area contributed by atoms with Crippen LogP contribution >= 0.6 is 0 Å². The number of hydrogen-bond donors (Lipinski definition) is 1. The minimum Gasteiger partial charge on any atom is -0.438 e. The quantitative estimate of drug-likeness (QED) is 0.792. The van der Waals surface area contributed by atoms with E-state index in [2.05, 4.69) is 9.97 Å². The Morgan fingerprint density at radius 1 is 1.41 bits per heavy atom. The number of rotatable bonds is 2. The topological polar surface area (TPSA) is 84.8 Å². The van der Waals surface area contributed by atoms with Crippen LogP contribution in [0.4, 0.5) is 5.69 Å². The van der Waals surface area contributed by atoms with Crippen molar-refractivity contribution in [2.75, 3.05) is 5.73 Å². The van der Waals surface area contributed by atoms with Crippen LogP contribution in [0.25, 0.3) is 0 Å². The lowest BCUT2D eigenvalue weighted by molar-refractivity contribution is 0.459. The monoisotopic (exact) mass is 226 g/mol. The Hall–Kier alpha value is -2.61. The lowest BCUT2D eigenvalue weighted by Crippen LogP contribution is -1.94. The lowest BCUT2D eigenvalue weighted by Gasteiger charge is -2.07. The van der Waals surface area contributed by atoms with E-state index in [-0.39, 0.29) is 5.88 Å². The van der Waals surface area contributed by atoms with Crippen LogP contribution in [0.15, 0.2) is 30.7 Å². The molecule has 1 heterocycles. The van der Waals surface area contributed by atoms with Crippen LogP contribution in [-0.2, 0) is 0 Å². The standard InChI is InChI=1S/C12H10N4O/c1-8-4-10(2-3-11(8)14)17-12-9(5-13)6-15-7-16-12/h2-4,6-7H,14H2,1H3. The number of nitriles is 1. The molecule has 0 saturated carbocycles. The molecule has 0 unspecified atom stereocenters. The highest BCUT2D eigenvalue weighted by molar-refractivity contribution is 5.50. The van der Waals surface area contributed by atoms with Gasteiger partial charge in [0.15, 0.2) is 0 Å². The molecule has 1 aromatic carbocycles. The van der Waals surface area contributed by atoms with Gasteiger partial charge >= 0.3 is 0 Å². The average Bonchev–Trinajstić information content (AvgIpc) is 2.34. The Bertz CT molecular complexity index is 589. The van der Waals surface area contributed by atoms with Gasteiger partial charge in [0.1, 0.15) is 23.7 Å². The van der Waals surface area contributed by atoms with Crippen molar-refractivity contribution in [3.8, 4) is 17.7 Å². The summed E-state index contributed by atoms with van der Waals surface area (Å²) in [6.07, 6.45) is 2.74. The van der Waals surface area contributed by atoms with Crippen molar-refractivity contribution in [1.29, 1.82) is 5.26 Å². The number of anilines is 1. The van der Waals surface area contributed by atoms with Crippen LogP contribution in [0, 0.1) is 18.3 Å². The molecule has 17 heavy (non-hydrogen) atoms. The Balaban J connectivity index is 2.32. The van der Waals surface area contributed by atoms with Crippen molar-refractivity contribution >= 4 is 5.69 Å². The summed E-state index contributed by atoms with van der Waals surface area (Å²) in [5.41, 5.74) is 7.61. The van der Waals surface area contributed by atoms with Crippen LogP contribution in [-0.4, -0.2) is 9.97 Å². The first kappa shape index (κ1) is 10.9. The zero-order valence-electron chi connectivity index (χ0n) is 9.21. The molecule has 0 radical (unpaired) electrons. The molecule has 0 fully saturated rings. The van der Waals surface area contributed by atoms with Crippen molar-refractivity contribution < 1.29 is 4.74 Å². The summed E-state index contributed by atoms with van der Waals surface area (Å²) in [6, 6.07) is 7.23. The molecule has 0 bridgehead atoms. The molecule has 2 N–H and O–H groups in total. The highest BCUT2D eigenvalue weighted by Gasteiger charge is 2.06. The third kappa shape index (κ3) is 2.32. The molecule has 5 heteroatoms. The first-order chi connectivity index (χ1) is 8.20. The van der Waals surface area contributed by atoms with E-state index in [1.165, 1.54) is 12.5 Å². The van der Waals surface area contributed by atoms with Crippen LogP contribution in [0.1, 0.15) is 11.1 Å². The summed E-state index contributed by atoms with van der Waals surface area (Å²) in [7, 11) is 0. The zero-order valence-corrected chi connectivity index (χ0v) is 9.21. The fraction of sp³-hybridized carbons (Fsp3) is 0.0833. The zero-order chi connectivity index (χ0) is 12.3. The maximum absolute atomic E-state index is 8.87. The van der Waals surface area contributed by atoms with Gasteiger partial charge in [0, 0.05) is 5.69 Å². The predicted octanol–water partition coefficient (Wildman–Crippen LogP) is 2.03. The minimum absolute atomic E-state index is 0.242. The number of nitrogens with two attached hydrogens (primary N) is 1. The second kappa shape index (κ2) is 4.49. The van der Waals surface area contributed by atoms with E-state index < -0.39 is 0 Å². The third-order valence-electron chi connectivity index (χ3n) is 2.25. The number of aryl methyl sites for hydroxylation is 1. The predicted molar refractivity (Wildman–Crippen MR) is 62.4 cm³/mol. The number of nitrogens with zero attached hydrogens (tertiary/aromatic N) is 3. The molecule has 5 nitrogen and oxygen atoms in total. The SMILES string of the molecule is Cc1cc(Oc2ncncc2C#N)ccc1N. The summed E-state index contributed by atoms with van der Waals surface area (Å²) in [5.74, 6) is 0.832. The van der Waals surface area contributed by atoms with Crippen LogP contribution in [0.2, 0.25) is 0 Å². The number of hydrogen-bond acceptors (Lipinski definition) is 5. The molecule has 2 aromatic rings. The van der Waals surface area contributed by atoms with Gasteiger partial charge < -0.3 is 10.5 Å². The Morgan fingerprint density at radius 2 is 2.24 bits per heavy atom. The van der Waals surface area contributed by atoms with Gasteiger partial charge in [0.2, 0.25) is 5.88 Å². The lowest BCUT2D eigenvalue weighted by atomic mass is 10.2. The second-order valence-corrected chi connectivity index (χ2v) is 3.47. The average molecular weight is 226 g/mol. The highest BCUT2D eigenvalue weighted by Crippen LogP contribution is 2.24. The maximum atomic E-state index is 8.87. The summed E-state index contributed by atoms with van der Waals surface area (Å²) < 4.78 is 5.51. The number of benzene rings is 1. The second-order valence-electron chi connectivity index (χ2n) is 3.47. The molecule has 0 spiro atoms. The molecule has 0 amide bonds. The van der Waals surface area contributed by atoms with Gasteiger partial charge in [0.25, 0.3) is 0 Å². The largest absolute Gasteiger partial charge is 0.438 e. The maximum Gasteiger partial charge on any atom is 0.240 e. The van der Waals surface area contributed by atoms with E-state index in [0.29, 0.717) is 17.0 Å².